The number of hydrogen-bond acceptors (Lipinski definition) is 3. The van der Waals surface area contributed by atoms with Crippen molar-refractivity contribution in [1.29, 1.82) is 0 Å². The quantitative estimate of drug-likeness (QED) is 0.574. The molecule has 0 spiro atoms. The zero-order valence-electron chi connectivity index (χ0n) is 15.3. The van der Waals surface area contributed by atoms with E-state index in [1.165, 1.54) is 0 Å². The van der Waals surface area contributed by atoms with Gasteiger partial charge in [-0.25, -0.2) is 0 Å². The highest BCUT2D eigenvalue weighted by molar-refractivity contribution is 6.32. The third-order valence-corrected chi connectivity index (χ3v) is 4.06. The Morgan fingerprint density at radius 2 is 1.88 bits per heavy atom. The van der Waals surface area contributed by atoms with Crippen LogP contribution in [0, 0.1) is 0 Å². The fourth-order valence-electron chi connectivity index (χ4n) is 2.26. The summed E-state index contributed by atoms with van der Waals surface area (Å²) in [4.78, 5) is 12.7. The lowest BCUT2D eigenvalue weighted by Crippen LogP contribution is -2.43. The Balaban J connectivity index is 2.80. The Morgan fingerprint density at radius 1 is 1.17 bits per heavy atom. The summed E-state index contributed by atoms with van der Waals surface area (Å²) in [5.41, 5.74) is -0.174. The van der Waals surface area contributed by atoms with Crippen LogP contribution in [0.2, 0.25) is 5.02 Å². The Morgan fingerprint density at radius 3 is 2.46 bits per heavy atom. The Labute approximate surface area is 150 Å². The molecule has 0 saturated heterocycles. The van der Waals surface area contributed by atoms with Crippen LogP contribution in [0.1, 0.15) is 59.8 Å². The van der Waals surface area contributed by atoms with Gasteiger partial charge < -0.3 is 14.8 Å². The highest BCUT2D eigenvalue weighted by Gasteiger charge is 2.33. The van der Waals surface area contributed by atoms with Crippen LogP contribution in [0.25, 0.3) is 0 Å². The van der Waals surface area contributed by atoms with Gasteiger partial charge in [-0.15, -0.1) is 0 Å². The number of anilines is 1. The molecule has 0 fully saturated rings. The maximum Gasteiger partial charge on any atom is 0.256 e. The maximum atomic E-state index is 12.7. The van der Waals surface area contributed by atoms with Gasteiger partial charge in [0.2, 0.25) is 0 Å². The summed E-state index contributed by atoms with van der Waals surface area (Å²) >= 11 is 6.22. The minimum atomic E-state index is -0.824. The molecule has 5 heteroatoms. The van der Waals surface area contributed by atoms with E-state index in [4.69, 9.17) is 21.1 Å². The van der Waals surface area contributed by atoms with E-state index in [1.54, 1.807) is 18.2 Å². The lowest BCUT2D eigenvalue weighted by Gasteiger charge is -2.28. The molecule has 4 nitrogen and oxygen atoms in total. The van der Waals surface area contributed by atoms with Gasteiger partial charge in [-0.2, -0.15) is 0 Å². The minimum absolute atomic E-state index is 0.136. The van der Waals surface area contributed by atoms with E-state index in [9.17, 15) is 4.79 Å². The molecule has 24 heavy (non-hydrogen) atoms. The highest BCUT2D eigenvalue weighted by Crippen LogP contribution is 2.29. The predicted molar refractivity (Wildman–Crippen MR) is 100 cm³/mol. The average Bonchev–Trinajstić information content (AvgIpc) is 2.57. The van der Waals surface area contributed by atoms with Gasteiger partial charge >= 0.3 is 0 Å². The van der Waals surface area contributed by atoms with Gasteiger partial charge in [-0.1, -0.05) is 45.2 Å². The summed E-state index contributed by atoms with van der Waals surface area (Å²) < 4.78 is 11.4. The van der Waals surface area contributed by atoms with E-state index in [0.29, 0.717) is 36.1 Å². The monoisotopic (exact) mass is 355 g/mol. The van der Waals surface area contributed by atoms with Gasteiger partial charge in [0.15, 0.2) is 0 Å². The number of benzene rings is 1. The zero-order valence-corrected chi connectivity index (χ0v) is 16.0. The van der Waals surface area contributed by atoms with Gasteiger partial charge in [-0.05, 0) is 44.4 Å². The molecule has 0 heterocycles. The van der Waals surface area contributed by atoms with Gasteiger partial charge in [0.1, 0.15) is 11.4 Å². The average molecular weight is 356 g/mol. The molecule has 136 valence electrons. The van der Waals surface area contributed by atoms with Crippen LogP contribution >= 0.6 is 11.6 Å². The number of halogens is 1. The second kappa shape index (κ2) is 10.6. The van der Waals surface area contributed by atoms with Crippen LogP contribution in [0.4, 0.5) is 5.69 Å². The van der Waals surface area contributed by atoms with Crippen LogP contribution < -0.4 is 10.1 Å². The fraction of sp³-hybridized carbons (Fsp3) is 0.632. The first-order valence-corrected chi connectivity index (χ1v) is 9.22. The second-order valence-electron chi connectivity index (χ2n) is 6.13. The third kappa shape index (κ3) is 6.33. The van der Waals surface area contributed by atoms with E-state index >= 15 is 0 Å². The number of unbranched alkanes of at least 4 members (excludes halogenated alkanes) is 1. The molecular weight excluding hydrogens is 326 g/mol. The zero-order chi connectivity index (χ0) is 18.0. The summed E-state index contributed by atoms with van der Waals surface area (Å²) in [5, 5.41) is 3.41. The molecule has 0 aliphatic heterocycles. The number of carbonyl (C=O) groups excluding carboxylic acids is 1. The van der Waals surface area contributed by atoms with Gasteiger partial charge in [0.25, 0.3) is 5.91 Å². The Hall–Kier alpha value is -1.26. The highest BCUT2D eigenvalue weighted by atomic mass is 35.5. The van der Waals surface area contributed by atoms with Crippen molar-refractivity contribution in [2.45, 2.75) is 65.4 Å². The van der Waals surface area contributed by atoms with E-state index in [-0.39, 0.29) is 5.91 Å². The second-order valence-corrected chi connectivity index (χ2v) is 6.54. The summed E-state index contributed by atoms with van der Waals surface area (Å²) in [7, 11) is 0. The molecule has 0 aliphatic carbocycles. The van der Waals surface area contributed by atoms with Crippen LogP contribution in [0.15, 0.2) is 18.2 Å². The third-order valence-electron chi connectivity index (χ3n) is 3.76. The molecule has 1 aromatic carbocycles. The first-order valence-electron chi connectivity index (χ1n) is 8.84. The number of carbonyl (C=O) groups is 1. The summed E-state index contributed by atoms with van der Waals surface area (Å²) in [5.74, 6) is 0.496. The lowest BCUT2D eigenvalue weighted by molar-refractivity contribution is -0.140. The SMILES string of the molecule is CCCCC(C)(OCCC)C(=O)Nc1ccc(OCCC)c(Cl)c1. The number of ether oxygens (including phenoxy) is 2. The predicted octanol–water partition coefficient (Wildman–Crippen LogP) is 5.44. The normalized spacial score (nSPS) is 13.4. The standard InChI is InChI=1S/C19H30ClNO3/c1-5-8-11-19(4,24-13-7-3)18(22)21-15-9-10-17(16(20)14-15)23-12-6-2/h9-10,14H,5-8,11-13H2,1-4H3,(H,21,22). The largest absolute Gasteiger partial charge is 0.492 e. The molecule has 0 saturated carbocycles. The molecule has 1 amide bonds. The Bertz CT molecular complexity index is 511. The summed E-state index contributed by atoms with van der Waals surface area (Å²) in [6, 6.07) is 5.29. The molecule has 0 aromatic heterocycles. The first kappa shape index (κ1) is 20.8. The smallest absolute Gasteiger partial charge is 0.256 e. The molecule has 0 aliphatic rings. The molecule has 0 bridgehead atoms. The van der Waals surface area contributed by atoms with E-state index in [1.807, 2.05) is 20.8 Å². The number of nitrogens with one attached hydrogen (secondary N) is 1. The van der Waals surface area contributed by atoms with Crippen LogP contribution in [0.3, 0.4) is 0 Å². The van der Waals surface area contributed by atoms with Crippen molar-refractivity contribution in [3.63, 3.8) is 0 Å². The van der Waals surface area contributed by atoms with Crippen LogP contribution in [0.5, 0.6) is 5.75 Å². The molecule has 1 N–H and O–H groups in total. The first-order chi connectivity index (χ1) is 11.5. The van der Waals surface area contributed by atoms with Crippen molar-refractivity contribution >= 4 is 23.2 Å². The van der Waals surface area contributed by atoms with E-state index < -0.39 is 5.60 Å². The van der Waals surface area contributed by atoms with Crippen molar-refractivity contribution in [3.8, 4) is 5.75 Å². The van der Waals surface area contributed by atoms with Gasteiger partial charge in [0.05, 0.1) is 11.6 Å². The van der Waals surface area contributed by atoms with Gasteiger partial charge in [-0.3, -0.25) is 4.79 Å². The molecule has 1 rings (SSSR count). The number of hydrogen-bond donors (Lipinski definition) is 1. The molecule has 1 aromatic rings. The molecule has 1 atom stereocenters. The van der Waals surface area contributed by atoms with Gasteiger partial charge in [0, 0.05) is 12.3 Å². The summed E-state index contributed by atoms with van der Waals surface area (Å²) in [6.07, 6.45) is 4.45. The van der Waals surface area contributed by atoms with Crippen LogP contribution in [-0.4, -0.2) is 24.7 Å². The maximum absolute atomic E-state index is 12.7. The van der Waals surface area contributed by atoms with Crippen molar-refractivity contribution in [2.75, 3.05) is 18.5 Å². The summed E-state index contributed by atoms with van der Waals surface area (Å²) in [6.45, 7) is 9.22. The van der Waals surface area contributed by atoms with E-state index in [2.05, 4.69) is 12.2 Å². The number of rotatable bonds is 11. The molecule has 0 radical (unpaired) electrons. The molecule has 1 unspecified atom stereocenters. The topological polar surface area (TPSA) is 47.6 Å². The van der Waals surface area contributed by atoms with Crippen molar-refractivity contribution in [1.82, 2.24) is 0 Å². The molecular formula is C19H30ClNO3. The van der Waals surface area contributed by atoms with Crippen molar-refractivity contribution in [3.05, 3.63) is 23.2 Å². The lowest BCUT2D eigenvalue weighted by atomic mass is 9.97. The fourth-order valence-corrected chi connectivity index (χ4v) is 2.50. The van der Waals surface area contributed by atoms with E-state index in [0.717, 1.165) is 25.7 Å². The number of amides is 1. The minimum Gasteiger partial charge on any atom is -0.492 e. The van der Waals surface area contributed by atoms with Crippen molar-refractivity contribution < 1.29 is 14.3 Å². The van der Waals surface area contributed by atoms with Crippen LogP contribution in [-0.2, 0) is 9.53 Å². The Kier molecular flexibility index (Phi) is 9.16. The van der Waals surface area contributed by atoms with Crippen molar-refractivity contribution in [2.24, 2.45) is 0 Å².